The first-order chi connectivity index (χ1) is 12.3. The van der Waals surface area contributed by atoms with E-state index in [2.05, 4.69) is 4.72 Å². The number of benzene rings is 2. The van der Waals surface area contributed by atoms with Crippen molar-refractivity contribution in [2.24, 2.45) is 0 Å². The third kappa shape index (κ3) is 5.57. The number of para-hydroxylation sites is 1. The first-order valence-electron chi connectivity index (χ1n) is 8.39. The zero-order valence-corrected chi connectivity index (χ0v) is 16.0. The van der Waals surface area contributed by atoms with Gasteiger partial charge in [0.2, 0.25) is 15.9 Å². The van der Waals surface area contributed by atoms with Crippen LogP contribution in [0.15, 0.2) is 59.5 Å². The number of sulfonamides is 1. The van der Waals surface area contributed by atoms with Crippen LogP contribution in [-0.4, -0.2) is 33.5 Å². The second kappa shape index (κ2) is 8.82. The van der Waals surface area contributed by atoms with Crippen LogP contribution in [-0.2, 0) is 14.8 Å². The van der Waals surface area contributed by atoms with E-state index in [0.717, 1.165) is 5.69 Å². The van der Waals surface area contributed by atoms with Crippen LogP contribution < -0.4 is 14.4 Å². The maximum atomic E-state index is 12.4. The van der Waals surface area contributed by atoms with E-state index in [1.807, 2.05) is 44.2 Å². The quantitative estimate of drug-likeness (QED) is 0.769. The van der Waals surface area contributed by atoms with Crippen LogP contribution in [0, 0.1) is 0 Å². The van der Waals surface area contributed by atoms with Gasteiger partial charge in [0, 0.05) is 25.7 Å². The largest absolute Gasteiger partial charge is 0.491 e. The molecule has 0 radical (unpaired) electrons. The van der Waals surface area contributed by atoms with E-state index in [1.165, 1.54) is 24.0 Å². The molecule has 2 rings (SSSR count). The Morgan fingerprint density at radius 1 is 1.08 bits per heavy atom. The monoisotopic (exact) mass is 376 g/mol. The number of nitrogens with zero attached hydrogens (tertiary/aromatic N) is 1. The van der Waals surface area contributed by atoms with Crippen LogP contribution in [0.4, 0.5) is 5.69 Å². The first kappa shape index (κ1) is 19.9. The van der Waals surface area contributed by atoms with Crippen LogP contribution in [0.2, 0.25) is 0 Å². The van der Waals surface area contributed by atoms with E-state index in [1.54, 1.807) is 12.1 Å². The molecule has 2 aromatic rings. The minimum atomic E-state index is -3.65. The molecule has 0 atom stereocenters. The number of anilines is 1. The number of carbonyl (C=O) groups excluding carboxylic acids is 1. The lowest BCUT2D eigenvalue weighted by atomic mass is 10.3. The summed E-state index contributed by atoms with van der Waals surface area (Å²) in [6, 6.07) is 15.4. The third-order valence-corrected chi connectivity index (χ3v) is 5.06. The van der Waals surface area contributed by atoms with Crippen LogP contribution in [0.5, 0.6) is 5.75 Å². The lowest BCUT2D eigenvalue weighted by molar-refractivity contribution is -0.116. The first-order valence-corrected chi connectivity index (χ1v) is 9.87. The molecule has 2 aromatic carbocycles. The summed E-state index contributed by atoms with van der Waals surface area (Å²) in [7, 11) is -3.65. The number of carbonyl (C=O) groups is 1. The zero-order chi connectivity index (χ0) is 19.2. The number of hydrogen-bond acceptors (Lipinski definition) is 4. The topological polar surface area (TPSA) is 75.7 Å². The smallest absolute Gasteiger partial charge is 0.240 e. The molecule has 26 heavy (non-hydrogen) atoms. The molecule has 0 heterocycles. The van der Waals surface area contributed by atoms with Gasteiger partial charge in [-0.05, 0) is 50.2 Å². The Hall–Kier alpha value is -2.38. The maximum absolute atomic E-state index is 12.4. The SMILES string of the molecule is CC(=O)N(CCNS(=O)(=O)c1ccc(OC(C)C)cc1)c1ccccc1. The lowest BCUT2D eigenvalue weighted by Gasteiger charge is -2.21. The van der Waals surface area contributed by atoms with Crippen molar-refractivity contribution >= 4 is 21.6 Å². The molecule has 6 nitrogen and oxygen atoms in total. The fraction of sp³-hybridized carbons (Fsp3) is 0.316. The van der Waals surface area contributed by atoms with Crippen LogP contribution in [0.25, 0.3) is 0 Å². The van der Waals surface area contributed by atoms with Gasteiger partial charge in [0.1, 0.15) is 5.75 Å². The molecule has 1 N–H and O–H groups in total. The van der Waals surface area contributed by atoms with Crippen molar-refractivity contribution in [2.75, 3.05) is 18.0 Å². The minimum Gasteiger partial charge on any atom is -0.491 e. The molecule has 7 heteroatoms. The fourth-order valence-electron chi connectivity index (χ4n) is 2.42. The van der Waals surface area contributed by atoms with E-state index in [-0.39, 0.29) is 30.0 Å². The summed E-state index contributed by atoms with van der Waals surface area (Å²) < 4.78 is 32.8. The van der Waals surface area contributed by atoms with Crippen LogP contribution in [0.3, 0.4) is 0 Å². The predicted molar refractivity (Wildman–Crippen MR) is 102 cm³/mol. The predicted octanol–water partition coefficient (Wildman–Crippen LogP) is 2.81. The second-order valence-corrected chi connectivity index (χ2v) is 7.81. The van der Waals surface area contributed by atoms with Gasteiger partial charge in [-0.1, -0.05) is 18.2 Å². The van der Waals surface area contributed by atoms with Gasteiger partial charge in [-0.25, -0.2) is 13.1 Å². The summed E-state index contributed by atoms with van der Waals surface area (Å²) in [6.45, 7) is 5.61. The molecule has 0 aliphatic rings. The van der Waals surface area contributed by atoms with E-state index >= 15 is 0 Å². The Labute approximate surface area is 154 Å². The number of hydrogen-bond donors (Lipinski definition) is 1. The molecule has 0 saturated heterocycles. The minimum absolute atomic E-state index is 0.0196. The highest BCUT2D eigenvalue weighted by molar-refractivity contribution is 7.89. The number of ether oxygens (including phenoxy) is 1. The van der Waals surface area contributed by atoms with E-state index in [9.17, 15) is 13.2 Å². The molecule has 0 spiro atoms. The maximum Gasteiger partial charge on any atom is 0.240 e. The van der Waals surface area contributed by atoms with Crippen molar-refractivity contribution in [2.45, 2.75) is 31.8 Å². The molecule has 0 unspecified atom stereocenters. The van der Waals surface area contributed by atoms with Crippen molar-refractivity contribution in [1.29, 1.82) is 0 Å². The summed E-state index contributed by atoms with van der Waals surface area (Å²) in [4.78, 5) is 13.5. The third-order valence-electron chi connectivity index (χ3n) is 3.58. The Morgan fingerprint density at radius 3 is 2.23 bits per heavy atom. The van der Waals surface area contributed by atoms with Crippen LogP contribution >= 0.6 is 0 Å². The van der Waals surface area contributed by atoms with Crippen molar-refractivity contribution < 1.29 is 17.9 Å². The highest BCUT2D eigenvalue weighted by atomic mass is 32.2. The van der Waals surface area contributed by atoms with Crippen molar-refractivity contribution in [3.8, 4) is 5.75 Å². The Morgan fingerprint density at radius 2 is 1.69 bits per heavy atom. The van der Waals surface area contributed by atoms with Crippen molar-refractivity contribution in [3.05, 3.63) is 54.6 Å². The van der Waals surface area contributed by atoms with Gasteiger partial charge in [0.05, 0.1) is 11.0 Å². The molecule has 1 amide bonds. The number of amides is 1. The van der Waals surface area contributed by atoms with Gasteiger partial charge in [0.15, 0.2) is 0 Å². The Kier molecular flexibility index (Phi) is 6.76. The van der Waals surface area contributed by atoms with Gasteiger partial charge >= 0.3 is 0 Å². The highest BCUT2D eigenvalue weighted by Gasteiger charge is 2.16. The van der Waals surface area contributed by atoms with Gasteiger partial charge in [0.25, 0.3) is 0 Å². The number of rotatable bonds is 8. The Balaban J connectivity index is 1.99. The average Bonchev–Trinajstić information content (AvgIpc) is 2.59. The molecule has 0 aromatic heterocycles. The lowest BCUT2D eigenvalue weighted by Crippen LogP contribution is -2.37. The van der Waals surface area contributed by atoms with Gasteiger partial charge < -0.3 is 9.64 Å². The van der Waals surface area contributed by atoms with Crippen molar-refractivity contribution in [1.82, 2.24) is 4.72 Å². The summed E-state index contributed by atoms with van der Waals surface area (Å²) in [5.41, 5.74) is 0.731. The molecular weight excluding hydrogens is 352 g/mol. The van der Waals surface area contributed by atoms with E-state index in [4.69, 9.17) is 4.74 Å². The number of nitrogens with one attached hydrogen (secondary N) is 1. The van der Waals surface area contributed by atoms with E-state index < -0.39 is 10.0 Å². The van der Waals surface area contributed by atoms with Crippen molar-refractivity contribution in [3.63, 3.8) is 0 Å². The molecule has 0 bridgehead atoms. The molecule has 0 saturated carbocycles. The summed E-state index contributed by atoms with van der Waals surface area (Å²) in [6.07, 6.45) is 0.0196. The molecule has 0 fully saturated rings. The van der Waals surface area contributed by atoms with E-state index in [0.29, 0.717) is 5.75 Å². The van der Waals surface area contributed by atoms with Gasteiger partial charge in [-0.3, -0.25) is 4.79 Å². The molecule has 0 aliphatic carbocycles. The standard InChI is InChI=1S/C19H24N2O4S/c1-15(2)25-18-9-11-19(12-10-18)26(23,24)20-13-14-21(16(3)22)17-7-5-4-6-8-17/h4-12,15,20H,13-14H2,1-3H3. The normalized spacial score (nSPS) is 11.4. The van der Waals surface area contributed by atoms with Crippen LogP contribution in [0.1, 0.15) is 20.8 Å². The highest BCUT2D eigenvalue weighted by Crippen LogP contribution is 2.17. The Bertz CT molecular complexity index is 818. The van der Waals surface area contributed by atoms with Gasteiger partial charge in [-0.15, -0.1) is 0 Å². The second-order valence-electron chi connectivity index (χ2n) is 6.04. The molecule has 0 aliphatic heterocycles. The molecule has 140 valence electrons. The summed E-state index contributed by atoms with van der Waals surface area (Å²) in [5, 5.41) is 0. The van der Waals surface area contributed by atoms with Gasteiger partial charge in [-0.2, -0.15) is 0 Å². The fourth-order valence-corrected chi connectivity index (χ4v) is 3.44. The average molecular weight is 376 g/mol. The molecular formula is C19H24N2O4S. The summed E-state index contributed by atoms with van der Waals surface area (Å²) >= 11 is 0. The zero-order valence-electron chi connectivity index (χ0n) is 15.2. The summed E-state index contributed by atoms with van der Waals surface area (Å²) in [5.74, 6) is 0.469.